The zero-order chi connectivity index (χ0) is 8.97. The smallest absolute Gasteiger partial charge is 0.0442 e. The molecule has 0 saturated carbocycles. The van der Waals surface area contributed by atoms with E-state index in [9.17, 15) is 0 Å². The third-order valence-electron chi connectivity index (χ3n) is 2.06. The summed E-state index contributed by atoms with van der Waals surface area (Å²) in [5.41, 5.74) is 8.13. The Labute approximate surface area is 73.8 Å². The normalized spacial score (nSPS) is 12.9. The van der Waals surface area contributed by atoms with Crippen LogP contribution in [0.3, 0.4) is 0 Å². The van der Waals surface area contributed by atoms with Gasteiger partial charge in [0.25, 0.3) is 0 Å². The first-order valence-electron chi connectivity index (χ1n) is 4.22. The summed E-state index contributed by atoms with van der Waals surface area (Å²) in [6.07, 6.45) is 0. The summed E-state index contributed by atoms with van der Waals surface area (Å²) in [4.78, 5) is 0. The first-order chi connectivity index (χ1) is 5.77. The quantitative estimate of drug-likeness (QED) is 0.704. The largest absolute Gasteiger partial charge is 0.329 e. The molecule has 0 aliphatic heterocycles. The Morgan fingerprint density at radius 1 is 1.33 bits per heavy atom. The molecule has 1 aromatic carbocycles. The molecule has 3 N–H and O–H groups in total. The lowest BCUT2D eigenvalue weighted by atomic mass is 10.1. The van der Waals surface area contributed by atoms with Crippen LogP contribution in [0, 0.1) is 6.92 Å². The van der Waals surface area contributed by atoms with Crippen molar-refractivity contribution in [2.24, 2.45) is 5.73 Å². The summed E-state index contributed by atoms with van der Waals surface area (Å²) in [6, 6.07) is 8.72. The molecule has 0 aromatic heterocycles. The van der Waals surface area contributed by atoms with Crippen LogP contribution in [0.5, 0.6) is 0 Å². The zero-order valence-electron chi connectivity index (χ0n) is 7.67. The number of aryl methyl sites for hydroxylation is 1. The fourth-order valence-corrected chi connectivity index (χ4v) is 1.22. The van der Waals surface area contributed by atoms with Gasteiger partial charge in [-0.3, -0.25) is 0 Å². The molecular weight excluding hydrogens is 148 g/mol. The van der Waals surface area contributed by atoms with Crippen molar-refractivity contribution in [3.05, 3.63) is 35.4 Å². The van der Waals surface area contributed by atoms with Crippen LogP contribution in [-0.4, -0.2) is 13.6 Å². The van der Waals surface area contributed by atoms with Gasteiger partial charge in [-0.15, -0.1) is 0 Å². The van der Waals surface area contributed by atoms with Crippen molar-refractivity contribution in [2.75, 3.05) is 13.6 Å². The first-order valence-corrected chi connectivity index (χ1v) is 4.22. The van der Waals surface area contributed by atoms with Crippen molar-refractivity contribution in [3.8, 4) is 0 Å². The summed E-state index contributed by atoms with van der Waals surface area (Å²) in [5, 5.41) is 3.16. The minimum absolute atomic E-state index is 0.283. The molecule has 0 aliphatic rings. The zero-order valence-corrected chi connectivity index (χ0v) is 7.67. The second-order valence-electron chi connectivity index (χ2n) is 2.99. The van der Waals surface area contributed by atoms with Crippen molar-refractivity contribution < 1.29 is 0 Å². The fourth-order valence-electron chi connectivity index (χ4n) is 1.22. The Hall–Kier alpha value is -0.860. The SMILES string of the molecule is CNC(CN)c1ccc(C)cc1. The van der Waals surface area contributed by atoms with Gasteiger partial charge in [-0.2, -0.15) is 0 Å². The van der Waals surface area contributed by atoms with Crippen molar-refractivity contribution in [1.29, 1.82) is 0 Å². The van der Waals surface area contributed by atoms with E-state index in [1.165, 1.54) is 11.1 Å². The summed E-state index contributed by atoms with van der Waals surface area (Å²) in [5.74, 6) is 0. The van der Waals surface area contributed by atoms with Crippen molar-refractivity contribution in [1.82, 2.24) is 5.32 Å². The van der Waals surface area contributed by atoms with Crippen LogP contribution in [0.2, 0.25) is 0 Å². The third-order valence-corrected chi connectivity index (χ3v) is 2.06. The highest BCUT2D eigenvalue weighted by Gasteiger charge is 2.04. The van der Waals surface area contributed by atoms with Gasteiger partial charge in [-0.05, 0) is 19.5 Å². The highest BCUT2D eigenvalue weighted by atomic mass is 14.9. The van der Waals surface area contributed by atoms with Crippen molar-refractivity contribution in [3.63, 3.8) is 0 Å². The van der Waals surface area contributed by atoms with Crippen molar-refractivity contribution in [2.45, 2.75) is 13.0 Å². The molecule has 66 valence electrons. The van der Waals surface area contributed by atoms with Gasteiger partial charge in [0.2, 0.25) is 0 Å². The molecule has 2 nitrogen and oxygen atoms in total. The van der Waals surface area contributed by atoms with E-state index in [4.69, 9.17) is 5.73 Å². The van der Waals surface area contributed by atoms with Crippen LogP contribution < -0.4 is 11.1 Å². The van der Waals surface area contributed by atoms with Crippen LogP contribution in [0.25, 0.3) is 0 Å². The number of likely N-dealkylation sites (N-methyl/N-ethyl adjacent to an activating group) is 1. The molecule has 0 amide bonds. The predicted molar refractivity (Wildman–Crippen MR) is 52.0 cm³/mol. The number of hydrogen-bond donors (Lipinski definition) is 2. The minimum atomic E-state index is 0.283. The average Bonchev–Trinajstić information content (AvgIpc) is 2.10. The molecule has 2 heteroatoms. The van der Waals surface area contributed by atoms with Crippen LogP contribution in [-0.2, 0) is 0 Å². The Balaban J connectivity index is 2.80. The maximum atomic E-state index is 5.59. The first kappa shape index (κ1) is 9.23. The second kappa shape index (κ2) is 4.24. The van der Waals surface area contributed by atoms with Gasteiger partial charge in [0.15, 0.2) is 0 Å². The second-order valence-corrected chi connectivity index (χ2v) is 2.99. The average molecular weight is 164 g/mol. The van der Waals surface area contributed by atoms with Gasteiger partial charge >= 0.3 is 0 Å². The molecule has 1 atom stereocenters. The van der Waals surface area contributed by atoms with E-state index in [0.717, 1.165) is 0 Å². The maximum absolute atomic E-state index is 5.59. The number of nitrogens with two attached hydrogens (primary N) is 1. The van der Waals surface area contributed by atoms with Gasteiger partial charge in [0.05, 0.1) is 0 Å². The summed E-state index contributed by atoms with van der Waals surface area (Å²) in [7, 11) is 1.93. The van der Waals surface area contributed by atoms with Gasteiger partial charge < -0.3 is 11.1 Å². The van der Waals surface area contributed by atoms with E-state index in [1.54, 1.807) is 0 Å². The molecule has 0 saturated heterocycles. The number of hydrogen-bond acceptors (Lipinski definition) is 2. The van der Waals surface area contributed by atoms with E-state index in [0.29, 0.717) is 6.54 Å². The van der Waals surface area contributed by atoms with Crippen LogP contribution in [0.15, 0.2) is 24.3 Å². The van der Waals surface area contributed by atoms with Gasteiger partial charge in [-0.1, -0.05) is 29.8 Å². The summed E-state index contributed by atoms with van der Waals surface area (Å²) >= 11 is 0. The Morgan fingerprint density at radius 3 is 2.33 bits per heavy atom. The predicted octanol–water partition coefficient (Wildman–Crippen LogP) is 1.21. The molecule has 0 bridgehead atoms. The standard InChI is InChI=1S/C10H16N2/c1-8-3-5-9(6-4-8)10(7-11)12-2/h3-6,10,12H,7,11H2,1-2H3. The molecule has 0 fully saturated rings. The summed E-state index contributed by atoms with van der Waals surface area (Å²) in [6.45, 7) is 2.72. The van der Waals surface area contributed by atoms with E-state index in [2.05, 4.69) is 36.5 Å². The Morgan fingerprint density at radius 2 is 1.92 bits per heavy atom. The van der Waals surface area contributed by atoms with Crippen LogP contribution >= 0.6 is 0 Å². The topological polar surface area (TPSA) is 38.0 Å². The molecule has 0 heterocycles. The van der Waals surface area contributed by atoms with E-state index in [1.807, 2.05) is 7.05 Å². The molecule has 1 unspecified atom stereocenters. The molecule has 1 aromatic rings. The monoisotopic (exact) mass is 164 g/mol. The Bertz CT molecular complexity index is 224. The lowest BCUT2D eigenvalue weighted by molar-refractivity contribution is 0.605. The lowest BCUT2D eigenvalue weighted by Gasteiger charge is -2.13. The van der Waals surface area contributed by atoms with E-state index >= 15 is 0 Å². The minimum Gasteiger partial charge on any atom is -0.329 e. The van der Waals surface area contributed by atoms with Crippen molar-refractivity contribution >= 4 is 0 Å². The van der Waals surface area contributed by atoms with Gasteiger partial charge in [0, 0.05) is 12.6 Å². The van der Waals surface area contributed by atoms with Gasteiger partial charge in [-0.25, -0.2) is 0 Å². The highest BCUT2D eigenvalue weighted by Crippen LogP contribution is 2.11. The molecule has 0 aliphatic carbocycles. The third kappa shape index (κ3) is 2.06. The number of nitrogens with one attached hydrogen (secondary N) is 1. The molecule has 1 rings (SSSR count). The Kier molecular flexibility index (Phi) is 3.26. The van der Waals surface area contributed by atoms with Crippen LogP contribution in [0.4, 0.5) is 0 Å². The molecular formula is C10H16N2. The van der Waals surface area contributed by atoms with E-state index in [-0.39, 0.29) is 6.04 Å². The maximum Gasteiger partial charge on any atom is 0.0442 e. The van der Waals surface area contributed by atoms with E-state index < -0.39 is 0 Å². The molecule has 0 spiro atoms. The molecule has 12 heavy (non-hydrogen) atoms. The van der Waals surface area contributed by atoms with Crippen LogP contribution in [0.1, 0.15) is 17.2 Å². The number of rotatable bonds is 3. The lowest BCUT2D eigenvalue weighted by Crippen LogP contribution is -2.24. The fraction of sp³-hybridized carbons (Fsp3) is 0.400. The highest BCUT2D eigenvalue weighted by molar-refractivity contribution is 5.24. The van der Waals surface area contributed by atoms with Gasteiger partial charge in [0.1, 0.15) is 0 Å². The summed E-state index contributed by atoms with van der Waals surface area (Å²) < 4.78 is 0. The molecule has 0 radical (unpaired) electrons. The number of benzene rings is 1.